The van der Waals surface area contributed by atoms with Crippen LogP contribution >= 0.6 is 0 Å². The highest BCUT2D eigenvalue weighted by Gasteiger charge is 2.26. The molecule has 1 aromatic carbocycles. The molecule has 0 aliphatic rings. The number of amides is 2. The Morgan fingerprint density at radius 1 is 1.44 bits per heavy atom. The van der Waals surface area contributed by atoms with Gasteiger partial charge in [0.1, 0.15) is 5.82 Å². The second-order valence-corrected chi connectivity index (χ2v) is 4.28. The van der Waals surface area contributed by atoms with Crippen molar-refractivity contribution in [2.45, 2.75) is 25.8 Å². The van der Waals surface area contributed by atoms with Gasteiger partial charge in [-0.2, -0.15) is 0 Å². The van der Waals surface area contributed by atoms with Crippen molar-refractivity contribution in [2.75, 3.05) is 5.32 Å². The van der Waals surface area contributed by atoms with Crippen molar-refractivity contribution in [3.63, 3.8) is 0 Å². The maximum atomic E-state index is 13.2. The molecule has 1 unspecified atom stereocenters. The van der Waals surface area contributed by atoms with E-state index in [0.29, 0.717) is 6.42 Å². The normalized spacial score (nSPS) is 13.8. The molecule has 0 bridgehead atoms. The third kappa shape index (κ3) is 3.04. The number of carbonyl (C=O) groups is 2. The van der Waals surface area contributed by atoms with Gasteiger partial charge >= 0.3 is 0 Å². The minimum atomic E-state index is -1.03. The summed E-state index contributed by atoms with van der Waals surface area (Å²) < 4.78 is 13.2. The summed E-state index contributed by atoms with van der Waals surface area (Å²) in [5.74, 6) is -2.03. The van der Waals surface area contributed by atoms with Gasteiger partial charge in [0.25, 0.3) is 5.91 Å². The van der Waals surface area contributed by atoms with E-state index >= 15 is 0 Å². The molecule has 1 rings (SSSR count). The van der Waals surface area contributed by atoms with E-state index in [9.17, 15) is 14.0 Å². The Bertz CT molecular complexity index is 486. The van der Waals surface area contributed by atoms with Gasteiger partial charge in [0.15, 0.2) is 0 Å². The average molecular weight is 253 g/mol. The van der Waals surface area contributed by atoms with E-state index in [-0.39, 0.29) is 11.3 Å². The number of primary amides is 1. The lowest BCUT2D eigenvalue weighted by atomic mass is 9.99. The molecule has 0 heterocycles. The second kappa shape index (κ2) is 5.14. The Labute approximate surface area is 104 Å². The molecular formula is C12H16FN3O2. The molecule has 98 valence electrons. The van der Waals surface area contributed by atoms with E-state index in [2.05, 4.69) is 5.32 Å². The largest absolute Gasteiger partial charge is 0.366 e. The predicted molar refractivity (Wildman–Crippen MR) is 66.4 cm³/mol. The molecule has 0 saturated carbocycles. The number of hydrogen-bond acceptors (Lipinski definition) is 3. The van der Waals surface area contributed by atoms with E-state index in [1.165, 1.54) is 12.1 Å². The van der Waals surface area contributed by atoms with Crippen LogP contribution in [0.3, 0.4) is 0 Å². The van der Waals surface area contributed by atoms with Gasteiger partial charge in [-0.3, -0.25) is 9.59 Å². The van der Waals surface area contributed by atoms with Gasteiger partial charge in [-0.15, -0.1) is 0 Å². The molecule has 1 aromatic rings. The summed E-state index contributed by atoms with van der Waals surface area (Å²) in [5.41, 5.74) is 9.74. The number of nitrogens with one attached hydrogen (secondary N) is 1. The maximum absolute atomic E-state index is 13.2. The number of hydrogen-bond donors (Lipinski definition) is 3. The van der Waals surface area contributed by atoms with Crippen molar-refractivity contribution in [1.82, 2.24) is 0 Å². The summed E-state index contributed by atoms with van der Waals surface area (Å²) in [5, 5.41) is 2.52. The van der Waals surface area contributed by atoms with Crippen LogP contribution in [0.2, 0.25) is 0 Å². The highest BCUT2D eigenvalue weighted by atomic mass is 19.1. The SMILES string of the molecule is CCC(C)(N)C(=O)Nc1ccc(F)c(C(N)=O)c1. The Morgan fingerprint density at radius 2 is 2.06 bits per heavy atom. The van der Waals surface area contributed by atoms with Gasteiger partial charge in [0.05, 0.1) is 11.1 Å². The van der Waals surface area contributed by atoms with Crippen molar-refractivity contribution in [3.8, 4) is 0 Å². The third-order valence-corrected chi connectivity index (χ3v) is 2.74. The lowest BCUT2D eigenvalue weighted by molar-refractivity contribution is -0.120. The highest BCUT2D eigenvalue weighted by molar-refractivity contribution is 5.99. The molecule has 0 saturated heterocycles. The molecule has 0 radical (unpaired) electrons. The standard InChI is InChI=1S/C12H16FN3O2/c1-3-12(2,15)11(18)16-7-4-5-9(13)8(6-7)10(14)17/h4-6H,3,15H2,1-2H3,(H2,14,17)(H,16,18). The fourth-order valence-electron chi connectivity index (χ4n) is 1.23. The van der Waals surface area contributed by atoms with Gasteiger partial charge in [-0.1, -0.05) is 6.92 Å². The van der Waals surface area contributed by atoms with Crippen LogP contribution in [0.25, 0.3) is 0 Å². The predicted octanol–water partition coefficient (Wildman–Crippen LogP) is 0.990. The van der Waals surface area contributed by atoms with Crippen molar-refractivity contribution in [3.05, 3.63) is 29.6 Å². The van der Waals surface area contributed by atoms with Crippen molar-refractivity contribution in [2.24, 2.45) is 11.5 Å². The lowest BCUT2D eigenvalue weighted by Gasteiger charge is -2.21. The highest BCUT2D eigenvalue weighted by Crippen LogP contribution is 2.16. The second-order valence-electron chi connectivity index (χ2n) is 4.28. The van der Waals surface area contributed by atoms with Crippen LogP contribution in [0.4, 0.5) is 10.1 Å². The van der Waals surface area contributed by atoms with Crippen LogP contribution in [-0.4, -0.2) is 17.4 Å². The fraction of sp³-hybridized carbons (Fsp3) is 0.333. The number of benzene rings is 1. The van der Waals surface area contributed by atoms with Crippen LogP contribution in [-0.2, 0) is 4.79 Å². The minimum Gasteiger partial charge on any atom is -0.366 e. The smallest absolute Gasteiger partial charge is 0.251 e. The molecule has 1 atom stereocenters. The van der Waals surface area contributed by atoms with E-state index in [1.807, 2.05) is 0 Å². The molecule has 6 heteroatoms. The number of carbonyl (C=O) groups excluding carboxylic acids is 2. The van der Waals surface area contributed by atoms with Crippen molar-refractivity contribution in [1.29, 1.82) is 0 Å². The monoisotopic (exact) mass is 253 g/mol. The molecule has 5 nitrogen and oxygen atoms in total. The summed E-state index contributed by atoms with van der Waals surface area (Å²) in [4.78, 5) is 22.7. The van der Waals surface area contributed by atoms with Crippen LogP contribution in [0.15, 0.2) is 18.2 Å². The van der Waals surface area contributed by atoms with Crippen LogP contribution < -0.4 is 16.8 Å². The molecule has 18 heavy (non-hydrogen) atoms. The summed E-state index contributed by atoms with van der Waals surface area (Å²) in [7, 11) is 0. The first-order valence-electron chi connectivity index (χ1n) is 5.47. The van der Waals surface area contributed by atoms with Gasteiger partial charge in [0, 0.05) is 5.69 Å². The molecule has 0 aromatic heterocycles. The first-order chi connectivity index (χ1) is 8.27. The molecule has 0 aliphatic heterocycles. The molecule has 0 fully saturated rings. The Kier molecular flexibility index (Phi) is 4.03. The van der Waals surface area contributed by atoms with Crippen LogP contribution in [0.1, 0.15) is 30.6 Å². The molecular weight excluding hydrogens is 237 g/mol. The molecule has 5 N–H and O–H groups in total. The topological polar surface area (TPSA) is 98.2 Å². The molecule has 2 amide bonds. The lowest BCUT2D eigenvalue weighted by Crippen LogP contribution is -2.47. The Hall–Kier alpha value is -1.95. The van der Waals surface area contributed by atoms with Gasteiger partial charge < -0.3 is 16.8 Å². The first kappa shape index (κ1) is 14.1. The number of nitrogens with two attached hydrogens (primary N) is 2. The number of anilines is 1. The van der Waals surface area contributed by atoms with Gasteiger partial charge in [-0.05, 0) is 31.5 Å². The van der Waals surface area contributed by atoms with E-state index in [1.54, 1.807) is 13.8 Å². The minimum absolute atomic E-state index is 0.275. The molecule has 0 aliphatic carbocycles. The summed E-state index contributed by atoms with van der Waals surface area (Å²) in [6.07, 6.45) is 0.447. The zero-order valence-electron chi connectivity index (χ0n) is 10.3. The Balaban J connectivity index is 2.96. The average Bonchev–Trinajstić information content (AvgIpc) is 2.31. The summed E-state index contributed by atoms with van der Waals surface area (Å²) >= 11 is 0. The zero-order valence-corrected chi connectivity index (χ0v) is 10.3. The summed E-state index contributed by atoms with van der Waals surface area (Å²) in [6, 6.07) is 3.59. The van der Waals surface area contributed by atoms with E-state index < -0.39 is 23.2 Å². The van der Waals surface area contributed by atoms with Crippen LogP contribution in [0.5, 0.6) is 0 Å². The van der Waals surface area contributed by atoms with Gasteiger partial charge in [0.2, 0.25) is 5.91 Å². The summed E-state index contributed by atoms with van der Waals surface area (Å²) in [6.45, 7) is 3.36. The quantitative estimate of drug-likeness (QED) is 0.746. The first-order valence-corrected chi connectivity index (χ1v) is 5.47. The van der Waals surface area contributed by atoms with E-state index in [0.717, 1.165) is 6.07 Å². The fourth-order valence-corrected chi connectivity index (χ4v) is 1.23. The number of halogens is 1. The maximum Gasteiger partial charge on any atom is 0.251 e. The van der Waals surface area contributed by atoms with Gasteiger partial charge in [-0.25, -0.2) is 4.39 Å². The zero-order chi connectivity index (χ0) is 13.9. The Morgan fingerprint density at radius 3 is 2.56 bits per heavy atom. The molecule has 0 spiro atoms. The number of rotatable bonds is 4. The van der Waals surface area contributed by atoms with Crippen molar-refractivity contribution < 1.29 is 14.0 Å². The third-order valence-electron chi connectivity index (χ3n) is 2.74. The van der Waals surface area contributed by atoms with Crippen molar-refractivity contribution >= 4 is 17.5 Å². The van der Waals surface area contributed by atoms with E-state index in [4.69, 9.17) is 11.5 Å². The van der Waals surface area contributed by atoms with Crippen LogP contribution in [0, 0.1) is 5.82 Å².